The molecule has 0 saturated heterocycles. The molecular formula is C30H42N2O6S. The normalized spacial score (nSPS) is 34.4. The minimum atomic E-state index is -0.678. The van der Waals surface area contributed by atoms with Gasteiger partial charge in [0.05, 0.1) is 6.04 Å². The van der Waals surface area contributed by atoms with Crippen molar-refractivity contribution in [1.82, 2.24) is 10.6 Å². The van der Waals surface area contributed by atoms with E-state index in [1.165, 1.54) is 0 Å². The van der Waals surface area contributed by atoms with Gasteiger partial charge in [-0.25, -0.2) is 0 Å². The zero-order valence-corrected chi connectivity index (χ0v) is 24.6. The molecule has 0 aromatic heterocycles. The second-order valence-corrected chi connectivity index (χ2v) is 13.6. The van der Waals surface area contributed by atoms with E-state index in [9.17, 15) is 24.0 Å². The highest BCUT2D eigenvalue weighted by molar-refractivity contribution is 7.80. The number of thiol groups is 1. The third kappa shape index (κ3) is 5.80. The molecule has 0 bridgehead atoms. The molecule has 0 aromatic rings. The van der Waals surface area contributed by atoms with Gasteiger partial charge in [0.25, 0.3) is 0 Å². The number of hydrogen-bond donors (Lipinski definition) is 3. The minimum absolute atomic E-state index is 0.0160. The van der Waals surface area contributed by atoms with Crippen LogP contribution in [-0.4, -0.2) is 59.7 Å². The summed E-state index contributed by atoms with van der Waals surface area (Å²) in [6, 6.07) is -0.566. The van der Waals surface area contributed by atoms with Crippen molar-refractivity contribution in [2.75, 3.05) is 18.9 Å². The van der Waals surface area contributed by atoms with E-state index in [0.29, 0.717) is 12.8 Å². The molecule has 8 nitrogen and oxygen atoms in total. The number of rotatable bonds is 8. The van der Waals surface area contributed by atoms with Crippen molar-refractivity contribution in [1.29, 1.82) is 0 Å². The Morgan fingerprint density at radius 2 is 1.87 bits per heavy atom. The number of carbonyl (C=O) groups excluding carboxylic acids is 5. The number of esters is 1. The molecule has 0 radical (unpaired) electrons. The molecule has 7 unspecified atom stereocenters. The van der Waals surface area contributed by atoms with Gasteiger partial charge in [-0.15, -0.1) is 0 Å². The molecule has 4 rings (SSSR count). The molecule has 0 aliphatic heterocycles. The number of amides is 1. The summed E-state index contributed by atoms with van der Waals surface area (Å²) in [7, 11) is 0. The van der Waals surface area contributed by atoms with Crippen LogP contribution < -0.4 is 10.6 Å². The molecule has 39 heavy (non-hydrogen) atoms. The number of hydrogen-bond acceptors (Lipinski definition) is 8. The van der Waals surface area contributed by atoms with Crippen molar-refractivity contribution < 1.29 is 28.7 Å². The highest BCUT2D eigenvalue weighted by atomic mass is 32.1. The van der Waals surface area contributed by atoms with E-state index in [-0.39, 0.29) is 71.4 Å². The predicted octanol–water partition coefficient (Wildman–Crippen LogP) is 3.00. The van der Waals surface area contributed by atoms with Crippen molar-refractivity contribution in [2.45, 2.75) is 78.3 Å². The van der Waals surface area contributed by atoms with E-state index in [2.05, 4.69) is 37.1 Å². The van der Waals surface area contributed by atoms with Crippen molar-refractivity contribution in [3.8, 4) is 0 Å². The molecule has 2 N–H and O–H groups in total. The van der Waals surface area contributed by atoms with Crippen LogP contribution >= 0.6 is 12.6 Å². The van der Waals surface area contributed by atoms with E-state index in [1.54, 1.807) is 12.2 Å². The second-order valence-electron chi connectivity index (χ2n) is 13.2. The predicted molar refractivity (Wildman–Crippen MR) is 150 cm³/mol. The van der Waals surface area contributed by atoms with Gasteiger partial charge >= 0.3 is 5.97 Å². The fraction of sp³-hybridized carbons (Fsp3) is 0.700. The molecular weight excluding hydrogens is 516 g/mol. The Balaban J connectivity index is 1.35. The molecule has 4 aliphatic carbocycles. The lowest BCUT2D eigenvalue weighted by Gasteiger charge is -2.55. The Kier molecular flexibility index (Phi) is 8.35. The molecule has 0 aromatic carbocycles. The summed E-state index contributed by atoms with van der Waals surface area (Å²) in [6.07, 6.45) is 8.68. The van der Waals surface area contributed by atoms with E-state index in [0.717, 1.165) is 24.8 Å². The van der Waals surface area contributed by atoms with E-state index >= 15 is 0 Å². The molecule has 0 spiro atoms. The quantitative estimate of drug-likeness (QED) is 0.310. The van der Waals surface area contributed by atoms with Gasteiger partial charge in [-0.05, 0) is 75.9 Å². The first-order valence-corrected chi connectivity index (χ1v) is 14.6. The smallest absolute Gasteiger partial charge is 0.325 e. The average Bonchev–Trinajstić information content (AvgIpc) is 3.20. The van der Waals surface area contributed by atoms with Crippen LogP contribution in [0.3, 0.4) is 0 Å². The van der Waals surface area contributed by atoms with Crippen LogP contribution in [0, 0.1) is 34.5 Å². The minimum Gasteiger partial charge on any atom is -0.456 e. The number of ether oxygens (including phenoxy) is 1. The summed E-state index contributed by atoms with van der Waals surface area (Å²) in [5.74, 6) is -0.940. The van der Waals surface area contributed by atoms with Crippen molar-refractivity contribution in [2.24, 2.45) is 34.5 Å². The largest absolute Gasteiger partial charge is 0.456 e. The van der Waals surface area contributed by atoms with E-state index in [4.69, 9.17) is 4.74 Å². The molecule has 1 amide bonds. The Bertz CT molecular complexity index is 1120. The standard InChI is InChI=1S/C30H42N2O6S/c1-28(2,3)32-22(16-39)27(37)31-14-25(36)38-15-24(35)21-9-8-20-19-7-6-17-12-18(33)10-11-29(17,4)26(19)23(34)13-30(20,21)5/h10-12,19-22,26,32,39H,6-9,13-16H2,1-5H3,(H,31,37). The lowest BCUT2D eigenvalue weighted by Crippen LogP contribution is -2.55. The maximum absolute atomic E-state index is 13.7. The second kappa shape index (κ2) is 11.0. The highest BCUT2D eigenvalue weighted by Crippen LogP contribution is 2.65. The highest BCUT2D eigenvalue weighted by Gasteiger charge is 2.62. The summed E-state index contributed by atoms with van der Waals surface area (Å²) in [5.41, 5.74) is -0.160. The number of ketones is 3. The molecule has 9 heteroatoms. The summed E-state index contributed by atoms with van der Waals surface area (Å²) in [4.78, 5) is 63.7. The number of nitrogens with one attached hydrogen (secondary N) is 2. The molecule has 7 atom stereocenters. The Labute approximate surface area is 236 Å². The van der Waals surface area contributed by atoms with Crippen LogP contribution in [0.1, 0.15) is 66.7 Å². The molecule has 3 saturated carbocycles. The summed E-state index contributed by atoms with van der Waals surface area (Å²) in [6.45, 7) is 9.23. The SMILES string of the molecule is CC(C)(C)NC(CS)C(=O)NCC(=O)OCC(=O)C1CCC2C3CCC4=CC(=O)C=CC4(C)C3C(=O)CC12C. The fourth-order valence-electron chi connectivity index (χ4n) is 7.86. The van der Waals surface area contributed by atoms with Gasteiger partial charge < -0.3 is 15.4 Å². The van der Waals surface area contributed by atoms with Crippen LogP contribution in [0.2, 0.25) is 0 Å². The van der Waals surface area contributed by atoms with E-state index < -0.39 is 22.8 Å². The maximum atomic E-state index is 13.7. The van der Waals surface area contributed by atoms with Gasteiger partial charge in [0.2, 0.25) is 5.91 Å². The Morgan fingerprint density at radius 3 is 2.54 bits per heavy atom. The van der Waals surface area contributed by atoms with Crippen molar-refractivity contribution >= 4 is 41.9 Å². The number of allylic oxidation sites excluding steroid dienone is 4. The van der Waals surface area contributed by atoms with Crippen LogP contribution in [0.25, 0.3) is 0 Å². The Morgan fingerprint density at radius 1 is 1.15 bits per heavy atom. The van der Waals surface area contributed by atoms with Crippen LogP contribution in [0.15, 0.2) is 23.8 Å². The first-order valence-electron chi connectivity index (χ1n) is 14.0. The number of fused-ring (bicyclic) bond motifs is 5. The summed E-state index contributed by atoms with van der Waals surface area (Å²) >= 11 is 4.21. The third-order valence-electron chi connectivity index (χ3n) is 9.53. The fourth-order valence-corrected chi connectivity index (χ4v) is 8.12. The molecule has 4 aliphatic rings. The van der Waals surface area contributed by atoms with Gasteiger partial charge in [-0.2, -0.15) is 12.6 Å². The van der Waals surface area contributed by atoms with Crippen molar-refractivity contribution in [3.63, 3.8) is 0 Å². The zero-order chi connectivity index (χ0) is 28.8. The van der Waals surface area contributed by atoms with Crippen LogP contribution in [0.5, 0.6) is 0 Å². The van der Waals surface area contributed by atoms with E-state index in [1.807, 2.05) is 26.8 Å². The molecule has 3 fully saturated rings. The average molecular weight is 559 g/mol. The Hall–Kier alpha value is -2.26. The molecule has 0 heterocycles. The maximum Gasteiger partial charge on any atom is 0.325 e. The zero-order valence-electron chi connectivity index (χ0n) is 23.7. The number of Topliss-reactive ketones (excluding diaryl/α,β-unsaturated/α-hetero) is 2. The van der Waals surface area contributed by atoms with Gasteiger partial charge in [0, 0.05) is 35.0 Å². The van der Waals surface area contributed by atoms with Gasteiger partial charge in [0.15, 0.2) is 11.6 Å². The lowest BCUT2D eigenvalue weighted by molar-refractivity contribution is -0.153. The summed E-state index contributed by atoms with van der Waals surface area (Å²) < 4.78 is 5.26. The first-order chi connectivity index (χ1) is 18.2. The first kappa shape index (κ1) is 29.7. The van der Waals surface area contributed by atoms with Crippen LogP contribution in [0.4, 0.5) is 0 Å². The topological polar surface area (TPSA) is 119 Å². The number of carbonyl (C=O) groups is 5. The monoisotopic (exact) mass is 558 g/mol. The van der Waals surface area contributed by atoms with Gasteiger partial charge in [-0.3, -0.25) is 24.0 Å². The lowest BCUT2D eigenvalue weighted by atomic mass is 9.47. The summed E-state index contributed by atoms with van der Waals surface area (Å²) in [5, 5.41) is 5.70. The third-order valence-corrected chi connectivity index (χ3v) is 9.89. The van der Waals surface area contributed by atoms with Crippen molar-refractivity contribution in [3.05, 3.63) is 23.8 Å². The van der Waals surface area contributed by atoms with Gasteiger partial charge in [-0.1, -0.05) is 25.5 Å². The van der Waals surface area contributed by atoms with Gasteiger partial charge in [0.1, 0.15) is 18.9 Å². The van der Waals surface area contributed by atoms with Crippen LogP contribution in [-0.2, 0) is 28.7 Å². The molecule has 214 valence electrons.